The summed E-state index contributed by atoms with van der Waals surface area (Å²) in [7, 11) is 0. The van der Waals surface area contributed by atoms with Gasteiger partial charge in [-0.05, 0) is 50.3 Å². The van der Waals surface area contributed by atoms with Crippen molar-refractivity contribution in [3.63, 3.8) is 0 Å². The number of hydrogen-bond donors (Lipinski definition) is 3. The van der Waals surface area contributed by atoms with Crippen molar-refractivity contribution in [3.8, 4) is 11.1 Å². The molecule has 0 saturated carbocycles. The second-order valence-corrected chi connectivity index (χ2v) is 13.1. The van der Waals surface area contributed by atoms with Crippen molar-refractivity contribution in [2.24, 2.45) is 5.92 Å². The zero-order valence-corrected chi connectivity index (χ0v) is 28.6. The fourth-order valence-corrected chi connectivity index (χ4v) is 7.73. The van der Waals surface area contributed by atoms with Gasteiger partial charge in [0.05, 0.1) is 34.0 Å². The first-order valence-corrected chi connectivity index (χ1v) is 17.0. The number of nitro benzene ring substituents is 1. The first-order valence-electron chi connectivity index (χ1n) is 16.2. The highest BCUT2D eigenvalue weighted by molar-refractivity contribution is 6.33. The van der Waals surface area contributed by atoms with E-state index in [4.69, 9.17) is 23.2 Å². The monoisotopic (exact) mass is 714 g/mol. The van der Waals surface area contributed by atoms with Crippen molar-refractivity contribution in [2.75, 3.05) is 48.7 Å². The quantitative estimate of drug-likeness (QED) is 0.0788. The zero-order chi connectivity index (χ0) is 35.0. The number of nitrogens with zero attached hydrogens (tertiary/aromatic N) is 5. The van der Waals surface area contributed by atoms with Crippen molar-refractivity contribution in [3.05, 3.63) is 97.6 Å². The number of hydrazine groups is 1. The number of nitro groups is 1. The Morgan fingerprint density at radius 3 is 2.29 bits per heavy atom. The van der Waals surface area contributed by atoms with Gasteiger partial charge in [0.2, 0.25) is 0 Å². The molecule has 0 spiro atoms. The van der Waals surface area contributed by atoms with Crippen LogP contribution in [-0.4, -0.2) is 63.1 Å². The third-order valence-corrected chi connectivity index (χ3v) is 10.2. The molecule has 15 heteroatoms. The van der Waals surface area contributed by atoms with Gasteiger partial charge >= 0.3 is 0 Å². The summed E-state index contributed by atoms with van der Waals surface area (Å²) in [6, 6.07) is 5.21. The molecule has 6 rings (SSSR count). The van der Waals surface area contributed by atoms with Crippen molar-refractivity contribution in [1.29, 1.82) is 0 Å². The van der Waals surface area contributed by atoms with Crippen LogP contribution >= 0.6 is 23.2 Å². The Bertz CT molecular complexity index is 1910. The molecule has 0 aliphatic carbocycles. The Kier molecular flexibility index (Phi) is 10.0. The van der Waals surface area contributed by atoms with Crippen LogP contribution in [-0.2, 0) is 13.1 Å². The first kappa shape index (κ1) is 34.5. The average molecular weight is 716 g/mol. The van der Waals surface area contributed by atoms with Crippen molar-refractivity contribution >= 4 is 51.5 Å². The van der Waals surface area contributed by atoms with Crippen LogP contribution < -0.4 is 21.5 Å². The Labute approximate surface area is 292 Å². The SMILES string of the molecule is C=CCNc1cc(C2=C(Cl)N3CCCCN3C2C)c(F)cc1NCC1CCn2c(Cl)c(-c3cc(NCC=C)c([N+](=O)[O-])cc3F)c(=O)n2C1. The molecule has 1 fully saturated rings. The van der Waals surface area contributed by atoms with Crippen LogP contribution in [0.4, 0.5) is 31.5 Å². The lowest BCUT2D eigenvalue weighted by Crippen LogP contribution is -2.45. The molecule has 3 aliphatic heterocycles. The van der Waals surface area contributed by atoms with Crippen LogP contribution in [0.25, 0.3) is 16.7 Å². The number of benzene rings is 2. The van der Waals surface area contributed by atoms with Gasteiger partial charge < -0.3 is 16.0 Å². The van der Waals surface area contributed by atoms with Gasteiger partial charge in [-0.25, -0.2) is 18.5 Å². The molecular formula is C34H38Cl2F2N8O3. The third kappa shape index (κ3) is 6.42. The van der Waals surface area contributed by atoms with Gasteiger partial charge in [0.15, 0.2) is 0 Å². The minimum atomic E-state index is -0.932. The normalized spacial score (nSPS) is 19.0. The first-order chi connectivity index (χ1) is 23.5. The molecule has 2 unspecified atom stereocenters. The Hall–Kier alpha value is -4.33. The molecule has 11 nitrogen and oxygen atoms in total. The van der Waals surface area contributed by atoms with Crippen LogP contribution in [0.5, 0.6) is 0 Å². The van der Waals surface area contributed by atoms with Gasteiger partial charge in [-0.3, -0.25) is 24.6 Å². The Balaban J connectivity index is 1.25. The molecule has 3 N–H and O–H groups in total. The summed E-state index contributed by atoms with van der Waals surface area (Å²) in [4.78, 5) is 24.5. The predicted molar refractivity (Wildman–Crippen MR) is 191 cm³/mol. The average Bonchev–Trinajstić information content (AvgIpc) is 3.49. The number of anilines is 3. The fourth-order valence-electron chi connectivity index (χ4n) is 6.93. The summed E-state index contributed by atoms with van der Waals surface area (Å²) in [5.41, 5.74) is 1.30. The van der Waals surface area contributed by atoms with E-state index in [9.17, 15) is 14.9 Å². The lowest BCUT2D eigenvalue weighted by molar-refractivity contribution is -0.384. The molecule has 2 atom stereocenters. The van der Waals surface area contributed by atoms with Crippen LogP contribution in [0.3, 0.4) is 0 Å². The maximum Gasteiger partial charge on any atom is 0.295 e. The number of aromatic nitrogens is 2. The topological polar surface area (TPSA) is 113 Å². The highest BCUT2D eigenvalue weighted by Crippen LogP contribution is 2.43. The highest BCUT2D eigenvalue weighted by atomic mass is 35.5. The molecule has 0 bridgehead atoms. The molecule has 4 heterocycles. The number of rotatable bonds is 12. The number of hydrogen-bond acceptors (Lipinski definition) is 8. The van der Waals surface area contributed by atoms with E-state index in [1.54, 1.807) is 16.8 Å². The summed E-state index contributed by atoms with van der Waals surface area (Å²) in [5.74, 6) is -1.38. The third-order valence-electron chi connectivity index (χ3n) is 9.39. The van der Waals surface area contributed by atoms with Crippen LogP contribution in [0.1, 0.15) is 31.7 Å². The molecule has 2 aromatic carbocycles. The van der Waals surface area contributed by atoms with Crippen molar-refractivity contribution in [2.45, 2.75) is 45.3 Å². The van der Waals surface area contributed by atoms with E-state index in [1.165, 1.54) is 22.9 Å². The Morgan fingerprint density at radius 2 is 1.59 bits per heavy atom. The second kappa shape index (κ2) is 14.3. The molecular weight excluding hydrogens is 677 g/mol. The molecule has 3 aliphatic rings. The van der Waals surface area contributed by atoms with E-state index in [-0.39, 0.29) is 47.0 Å². The van der Waals surface area contributed by atoms with Crippen LogP contribution in [0.2, 0.25) is 5.15 Å². The standard InChI is InChI=1S/C34H38Cl2F2N8O3/c1-4-9-39-26-14-22(30-20(3)42-11-6-7-12-43(42)32(30)35)24(37)16-27(26)41-18-21-8-13-44-33(36)31(34(47)45(44)19-21)23-15-28(40-10-5-2)29(46(48)49)17-25(23)38/h4-5,14-17,20-21,39-41H,1-2,6-13,18-19H2,3H3. The van der Waals surface area contributed by atoms with Gasteiger partial charge in [-0.2, -0.15) is 0 Å². The summed E-state index contributed by atoms with van der Waals surface area (Å²) in [5, 5.41) is 25.9. The molecule has 0 amide bonds. The van der Waals surface area contributed by atoms with Crippen molar-refractivity contribution in [1.82, 2.24) is 19.4 Å². The lowest BCUT2D eigenvalue weighted by atomic mass is 9.98. The minimum Gasteiger partial charge on any atom is -0.383 e. The molecule has 0 radical (unpaired) electrons. The Morgan fingerprint density at radius 1 is 0.939 bits per heavy atom. The van der Waals surface area contributed by atoms with Gasteiger partial charge in [0, 0.05) is 62.5 Å². The summed E-state index contributed by atoms with van der Waals surface area (Å²) in [6.45, 7) is 12.8. The van der Waals surface area contributed by atoms with Crippen LogP contribution in [0, 0.1) is 27.7 Å². The minimum absolute atomic E-state index is 0.0430. The van der Waals surface area contributed by atoms with Gasteiger partial charge in [-0.15, -0.1) is 13.2 Å². The summed E-state index contributed by atoms with van der Waals surface area (Å²) >= 11 is 13.5. The molecule has 1 aromatic heterocycles. The maximum absolute atomic E-state index is 15.9. The number of fused-ring (bicyclic) bond motifs is 2. The van der Waals surface area contributed by atoms with E-state index < -0.39 is 27.8 Å². The van der Waals surface area contributed by atoms with Crippen LogP contribution in [0.15, 0.2) is 59.5 Å². The van der Waals surface area contributed by atoms with E-state index in [0.717, 1.165) is 37.6 Å². The van der Waals surface area contributed by atoms with E-state index >= 15 is 8.78 Å². The summed E-state index contributed by atoms with van der Waals surface area (Å²) in [6.07, 6.45) is 5.95. The summed E-state index contributed by atoms with van der Waals surface area (Å²) < 4.78 is 34.2. The zero-order valence-electron chi connectivity index (χ0n) is 27.1. The molecule has 260 valence electrons. The molecule has 1 saturated heterocycles. The smallest absolute Gasteiger partial charge is 0.295 e. The second-order valence-electron chi connectivity index (χ2n) is 12.4. The van der Waals surface area contributed by atoms with Gasteiger partial charge in [0.25, 0.3) is 11.2 Å². The fraction of sp³-hybridized carbons (Fsp3) is 0.382. The molecule has 49 heavy (non-hydrogen) atoms. The largest absolute Gasteiger partial charge is 0.383 e. The highest BCUT2D eigenvalue weighted by Gasteiger charge is 2.38. The van der Waals surface area contributed by atoms with Crippen molar-refractivity contribution < 1.29 is 13.7 Å². The number of halogens is 4. The van der Waals surface area contributed by atoms with Gasteiger partial charge in [0.1, 0.15) is 27.6 Å². The predicted octanol–water partition coefficient (Wildman–Crippen LogP) is 7.11. The van der Waals surface area contributed by atoms with E-state index in [2.05, 4.69) is 34.1 Å². The maximum atomic E-state index is 15.9. The van der Waals surface area contributed by atoms with E-state index in [0.29, 0.717) is 48.1 Å². The van der Waals surface area contributed by atoms with Gasteiger partial charge in [-0.1, -0.05) is 35.4 Å². The molecule has 3 aromatic rings. The van der Waals surface area contributed by atoms with E-state index in [1.807, 2.05) is 11.9 Å². The lowest BCUT2D eigenvalue weighted by Gasteiger charge is -2.37. The number of nitrogens with one attached hydrogen (secondary N) is 3.